The van der Waals surface area contributed by atoms with Gasteiger partial charge in [-0.15, -0.1) is 0 Å². The summed E-state index contributed by atoms with van der Waals surface area (Å²) in [6.45, 7) is 2.21. The van der Waals surface area contributed by atoms with Gasteiger partial charge in [-0.05, 0) is 55.2 Å². The molecule has 0 unspecified atom stereocenters. The van der Waals surface area contributed by atoms with Crippen molar-refractivity contribution in [1.29, 1.82) is 0 Å². The molecule has 1 aromatic rings. The zero-order valence-corrected chi connectivity index (χ0v) is 14.2. The fourth-order valence-corrected chi connectivity index (χ4v) is 3.58. The first-order chi connectivity index (χ1) is 11.4. The molecule has 0 saturated heterocycles. The predicted octanol–water partition coefficient (Wildman–Crippen LogP) is 7.26. The van der Waals surface area contributed by atoms with Crippen LogP contribution in [0.2, 0.25) is 0 Å². The van der Waals surface area contributed by atoms with Crippen LogP contribution in [0.25, 0.3) is 6.08 Å². The Morgan fingerprint density at radius 1 is 1.08 bits per heavy atom. The van der Waals surface area contributed by atoms with E-state index in [1.165, 1.54) is 50.7 Å². The topological polar surface area (TPSA) is 0 Å². The molecule has 0 heterocycles. The van der Waals surface area contributed by atoms with Crippen LogP contribution < -0.4 is 0 Å². The van der Waals surface area contributed by atoms with Crippen molar-refractivity contribution in [2.45, 2.75) is 70.4 Å². The van der Waals surface area contributed by atoms with Crippen LogP contribution in [0, 0.1) is 11.7 Å². The number of allylic oxidation sites excluding steroid dienone is 1. The van der Waals surface area contributed by atoms with E-state index in [0.717, 1.165) is 30.4 Å². The van der Waals surface area contributed by atoms with Crippen molar-refractivity contribution in [2.75, 3.05) is 0 Å². The standard InChI is InChI=1S/C20H26F4/c1-2-3-4-5-15-6-8-16(9-7-15)18-11-10-17(19(21)14-18)12-13-20(22,23)24/h10-16H,2-9H2,1H3/b13-12-. The summed E-state index contributed by atoms with van der Waals surface area (Å²) < 4.78 is 50.6. The Hall–Kier alpha value is -1.32. The Bertz CT molecular complexity index is 537. The molecule has 0 atom stereocenters. The lowest BCUT2D eigenvalue weighted by Crippen LogP contribution is -2.13. The van der Waals surface area contributed by atoms with Crippen LogP contribution in [0.4, 0.5) is 17.6 Å². The van der Waals surface area contributed by atoms with Gasteiger partial charge in [0.1, 0.15) is 5.82 Å². The number of hydrogen-bond donors (Lipinski definition) is 0. The fraction of sp³-hybridized carbons (Fsp3) is 0.600. The molecule has 1 aliphatic rings. The highest BCUT2D eigenvalue weighted by atomic mass is 19.4. The lowest BCUT2D eigenvalue weighted by atomic mass is 9.77. The van der Waals surface area contributed by atoms with E-state index in [4.69, 9.17) is 0 Å². The average Bonchev–Trinajstić information content (AvgIpc) is 2.54. The summed E-state index contributed by atoms with van der Waals surface area (Å²) in [5.41, 5.74) is 0.910. The van der Waals surface area contributed by atoms with Gasteiger partial charge in [-0.2, -0.15) is 13.2 Å². The summed E-state index contributed by atoms with van der Waals surface area (Å²) in [7, 11) is 0. The average molecular weight is 342 g/mol. The lowest BCUT2D eigenvalue weighted by Gasteiger charge is -2.29. The second-order valence-corrected chi connectivity index (χ2v) is 6.87. The second-order valence-electron chi connectivity index (χ2n) is 6.87. The van der Waals surface area contributed by atoms with E-state index in [2.05, 4.69) is 6.92 Å². The van der Waals surface area contributed by atoms with Crippen LogP contribution in [-0.4, -0.2) is 6.18 Å². The van der Waals surface area contributed by atoms with E-state index in [1.54, 1.807) is 6.07 Å². The van der Waals surface area contributed by atoms with Crippen LogP contribution in [0.3, 0.4) is 0 Å². The van der Waals surface area contributed by atoms with Crippen molar-refractivity contribution >= 4 is 6.08 Å². The minimum absolute atomic E-state index is 0.00988. The van der Waals surface area contributed by atoms with Crippen molar-refractivity contribution < 1.29 is 17.6 Å². The first-order valence-electron chi connectivity index (χ1n) is 8.94. The van der Waals surface area contributed by atoms with Crippen LogP contribution in [0.15, 0.2) is 24.3 Å². The molecule has 4 heteroatoms. The highest BCUT2D eigenvalue weighted by molar-refractivity contribution is 5.51. The summed E-state index contributed by atoms with van der Waals surface area (Å²) in [5.74, 6) is 0.548. The smallest absolute Gasteiger partial charge is 0.206 e. The molecular formula is C20H26F4. The highest BCUT2D eigenvalue weighted by Gasteiger charge is 2.24. The van der Waals surface area contributed by atoms with Gasteiger partial charge in [0.15, 0.2) is 0 Å². The monoisotopic (exact) mass is 342 g/mol. The maximum Gasteiger partial charge on any atom is 0.409 e. The van der Waals surface area contributed by atoms with Crippen LogP contribution >= 0.6 is 0 Å². The SMILES string of the molecule is CCCCCC1CCC(c2ccc(/C=C\C(F)(F)F)c(F)c2)CC1. The number of alkyl halides is 3. The molecule has 1 aromatic carbocycles. The molecule has 0 N–H and O–H groups in total. The molecule has 0 nitrogen and oxygen atoms in total. The zero-order valence-electron chi connectivity index (χ0n) is 14.2. The maximum absolute atomic E-state index is 14.0. The van der Waals surface area contributed by atoms with Gasteiger partial charge in [-0.3, -0.25) is 0 Å². The Morgan fingerprint density at radius 3 is 2.38 bits per heavy atom. The summed E-state index contributed by atoms with van der Waals surface area (Å²) >= 11 is 0. The summed E-state index contributed by atoms with van der Waals surface area (Å²) in [4.78, 5) is 0. The second kappa shape index (κ2) is 8.68. The molecular weight excluding hydrogens is 316 g/mol. The highest BCUT2D eigenvalue weighted by Crippen LogP contribution is 2.38. The molecule has 2 rings (SSSR count). The number of hydrogen-bond acceptors (Lipinski definition) is 0. The van der Waals surface area contributed by atoms with Crippen molar-refractivity contribution in [3.8, 4) is 0 Å². The molecule has 1 saturated carbocycles. The van der Waals surface area contributed by atoms with Crippen LogP contribution in [0.5, 0.6) is 0 Å². The number of unbranched alkanes of at least 4 members (excludes halogenated alkanes) is 2. The molecule has 0 radical (unpaired) electrons. The number of rotatable bonds is 6. The van der Waals surface area contributed by atoms with E-state index in [-0.39, 0.29) is 11.6 Å². The van der Waals surface area contributed by atoms with E-state index < -0.39 is 12.0 Å². The first-order valence-corrected chi connectivity index (χ1v) is 8.94. The third kappa shape index (κ3) is 5.95. The molecule has 134 valence electrons. The van der Waals surface area contributed by atoms with Gasteiger partial charge in [0.25, 0.3) is 0 Å². The van der Waals surface area contributed by atoms with Crippen molar-refractivity contribution in [3.05, 3.63) is 41.2 Å². The Labute approximate surface area is 142 Å². The molecule has 0 bridgehead atoms. The van der Waals surface area contributed by atoms with Gasteiger partial charge in [0.05, 0.1) is 0 Å². The van der Waals surface area contributed by atoms with E-state index in [0.29, 0.717) is 5.92 Å². The maximum atomic E-state index is 14.0. The number of halogens is 4. The zero-order chi connectivity index (χ0) is 17.6. The summed E-state index contributed by atoms with van der Waals surface area (Å²) in [5, 5.41) is 0. The third-order valence-electron chi connectivity index (χ3n) is 5.01. The lowest BCUT2D eigenvalue weighted by molar-refractivity contribution is -0.0790. The van der Waals surface area contributed by atoms with Crippen LogP contribution in [0.1, 0.15) is 75.3 Å². The molecule has 1 aliphatic carbocycles. The Balaban J connectivity index is 1.92. The van der Waals surface area contributed by atoms with E-state index >= 15 is 0 Å². The molecule has 1 fully saturated rings. The van der Waals surface area contributed by atoms with Gasteiger partial charge in [0, 0.05) is 11.6 Å². The van der Waals surface area contributed by atoms with Crippen molar-refractivity contribution in [1.82, 2.24) is 0 Å². The van der Waals surface area contributed by atoms with Gasteiger partial charge in [-0.25, -0.2) is 4.39 Å². The van der Waals surface area contributed by atoms with Crippen molar-refractivity contribution in [3.63, 3.8) is 0 Å². The molecule has 0 spiro atoms. The Kier molecular flexibility index (Phi) is 6.88. The van der Waals surface area contributed by atoms with Crippen molar-refractivity contribution in [2.24, 2.45) is 5.92 Å². The predicted molar refractivity (Wildman–Crippen MR) is 90.3 cm³/mol. The molecule has 24 heavy (non-hydrogen) atoms. The van der Waals surface area contributed by atoms with E-state index in [9.17, 15) is 17.6 Å². The summed E-state index contributed by atoms with van der Waals surface area (Å²) in [6.07, 6.45) is 6.01. The third-order valence-corrected chi connectivity index (χ3v) is 5.01. The number of benzene rings is 1. The first kappa shape index (κ1) is 19.0. The van der Waals surface area contributed by atoms with Gasteiger partial charge in [-0.1, -0.05) is 44.7 Å². The fourth-order valence-electron chi connectivity index (χ4n) is 3.58. The molecule has 0 aromatic heterocycles. The largest absolute Gasteiger partial charge is 0.409 e. The van der Waals surface area contributed by atoms with Gasteiger partial charge in [0.2, 0.25) is 0 Å². The van der Waals surface area contributed by atoms with E-state index in [1.807, 2.05) is 0 Å². The quantitative estimate of drug-likeness (QED) is 0.377. The van der Waals surface area contributed by atoms with Gasteiger partial charge < -0.3 is 0 Å². The minimum atomic E-state index is -4.42. The minimum Gasteiger partial charge on any atom is -0.206 e. The Morgan fingerprint density at radius 2 is 1.79 bits per heavy atom. The molecule has 0 amide bonds. The van der Waals surface area contributed by atoms with Gasteiger partial charge >= 0.3 is 6.18 Å². The van der Waals surface area contributed by atoms with Crippen LogP contribution in [-0.2, 0) is 0 Å². The normalized spacial score (nSPS) is 22.2. The molecule has 0 aliphatic heterocycles. The summed E-state index contributed by atoms with van der Waals surface area (Å²) in [6, 6.07) is 4.65.